The number of anilines is 4. The van der Waals surface area contributed by atoms with Gasteiger partial charge in [0.1, 0.15) is 30.7 Å². The second kappa shape index (κ2) is 27.0. The van der Waals surface area contributed by atoms with Crippen LogP contribution in [0.1, 0.15) is 80.7 Å². The number of rotatable bonds is 25. The summed E-state index contributed by atoms with van der Waals surface area (Å²) in [6.07, 6.45) is 12.2. The lowest BCUT2D eigenvalue weighted by molar-refractivity contribution is -0.131. The van der Waals surface area contributed by atoms with Crippen molar-refractivity contribution < 1.29 is 33.2 Å². The molecular weight excluding hydrogens is 1040 g/mol. The highest BCUT2D eigenvalue weighted by Crippen LogP contribution is 2.38. The summed E-state index contributed by atoms with van der Waals surface area (Å²) in [6, 6.07) is 20.5. The molecule has 80 heavy (non-hydrogen) atoms. The molecular formula is C59H73ClFN13O6. The molecule has 6 aromatic rings. The van der Waals surface area contributed by atoms with Gasteiger partial charge in [0.15, 0.2) is 11.5 Å². The number of hydrogen-bond acceptors (Lipinski definition) is 17. The minimum absolute atomic E-state index is 0.0453. The van der Waals surface area contributed by atoms with Crippen LogP contribution < -0.4 is 29.5 Å². The van der Waals surface area contributed by atoms with Gasteiger partial charge in [-0.05, 0) is 87.4 Å². The van der Waals surface area contributed by atoms with Gasteiger partial charge in [-0.25, -0.2) is 14.4 Å². The fourth-order valence-electron chi connectivity index (χ4n) is 11.7. The first-order valence-electron chi connectivity index (χ1n) is 28.4. The molecule has 0 radical (unpaired) electrons. The number of halogens is 2. The molecule has 0 saturated carbocycles. The third kappa shape index (κ3) is 13.3. The highest BCUT2D eigenvalue weighted by atomic mass is 35.5. The number of benzene rings is 2. The van der Waals surface area contributed by atoms with E-state index in [1.54, 1.807) is 0 Å². The van der Waals surface area contributed by atoms with E-state index in [4.69, 9.17) is 45.5 Å². The maximum absolute atomic E-state index is 14.1. The first-order chi connectivity index (χ1) is 39.2. The number of likely N-dealkylation sites (tertiary alicyclic amines) is 1. The van der Waals surface area contributed by atoms with Gasteiger partial charge in [0.25, 0.3) is 5.91 Å². The smallest absolute Gasteiger partial charge is 0.318 e. The Morgan fingerprint density at radius 3 is 2.56 bits per heavy atom. The van der Waals surface area contributed by atoms with Crippen molar-refractivity contribution in [1.29, 1.82) is 5.26 Å². The van der Waals surface area contributed by atoms with Crippen LogP contribution in [0, 0.1) is 11.3 Å². The summed E-state index contributed by atoms with van der Waals surface area (Å²) < 4.78 is 40.2. The lowest BCUT2D eigenvalue weighted by Crippen LogP contribution is -2.55. The Morgan fingerprint density at radius 2 is 1.75 bits per heavy atom. The minimum Gasteiger partial charge on any atom is -0.475 e. The number of ether oxygens (including phenoxy) is 4. The molecule has 2 aromatic carbocycles. The van der Waals surface area contributed by atoms with E-state index in [0.29, 0.717) is 89.7 Å². The molecule has 4 aromatic heterocycles. The fourth-order valence-corrected chi connectivity index (χ4v) is 12.0. The summed E-state index contributed by atoms with van der Waals surface area (Å²) in [4.78, 5) is 43.1. The number of aliphatic hydroxyl groups excluding tert-OH is 1. The molecule has 0 bridgehead atoms. The van der Waals surface area contributed by atoms with Gasteiger partial charge in [-0.3, -0.25) is 9.69 Å². The molecule has 3 saturated heterocycles. The highest BCUT2D eigenvalue weighted by molar-refractivity contribution is 6.36. The lowest BCUT2D eigenvalue weighted by atomic mass is 9.99. The molecule has 424 valence electrons. The molecule has 19 nitrogen and oxygen atoms in total. The predicted molar refractivity (Wildman–Crippen MR) is 306 cm³/mol. The molecule has 1 amide bonds. The molecule has 10 rings (SSSR count). The number of amides is 1. The number of carbonyl (C=O) groups excluding carboxylic acids is 1. The Kier molecular flexibility index (Phi) is 19.1. The Labute approximate surface area is 472 Å². The molecule has 0 unspecified atom stereocenters. The summed E-state index contributed by atoms with van der Waals surface area (Å²) in [7, 11) is 0. The van der Waals surface area contributed by atoms with E-state index in [2.05, 4.69) is 78.8 Å². The summed E-state index contributed by atoms with van der Waals surface area (Å²) in [5.74, 6) is 1.20. The van der Waals surface area contributed by atoms with Crippen LogP contribution >= 0.6 is 11.6 Å². The number of aryl methyl sites for hydroxylation is 1. The zero-order valence-electron chi connectivity index (χ0n) is 45.8. The number of nitrogens with zero attached hydrogens (tertiary/aromatic N) is 12. The second-order valence-corrected chi connectivity index (χ2v) is 21.4. The van der Waals surface area contributed by atoms with Crippen molar-refractivity contribution in [3.63, 3.8) is 0 Å². The molecule has 2 N–H and O–H groups in total. The van der Waals surface area contributed by atoms with E-state index >= 15 is 0 Å². The van der Waals surface area contributed by atoms with Crippen LogP contribution in [0.15, 0.2) is 79.4 Å². The van der Waals surface area contributed by atoms with Crippen molar-refractivity contribution in [3.05, 3.63) is 107 Å². The topological polar surface area (TPSA) is 195 Å². The van der Waals surface area contributed by atoms with Crippen molar-refractivity contribution in [2.75, 3.05) is 112 Å². The van der Waals surface area contributed by atoms with Crippen molar-refractivity contribution in [2.45, 2.75) is 102 Å². The summed E-state index contributed by atoms with van der Waals surface area (Å²) in [6.45, 7) is 13.7. The van der Waals surface area contributed by atoms with Crippen LogP contribution in [-0.4, -0.2) is 161 Å². The zero-order chi connectivity index (χ0) is 55.4. The molecule has 21 heteroatoms. The van der Waals surface area contributed by atoms with Crippen molar-refractivity contribution in [1.82, 2.24) is 39.3 Å². The quantitative estimate of drug-likeness (QED) is 0.0414. The standard InChI is InChI=1S/C59H73ClFN13O6/c1-3-43-37-65-74-52(34-53(67-56(43)74)72-24-5-4-12-45(72)20-28-75)63-35-42-16-17-54(64-36-42)79-33-32-78-31-30-77-29-9-23-69-22-8-13-47(69)40-80-59-66-50-39-70(51-15-7-11-44-10-6-14-49(60)55(44)51)25-19-48(50)57(68-59)71-26-27-73(58(76)41(2)61)46(38-71)18-21-62/h6-7,10-11,14-17,34,36-37,45-47,63,75H,2-5,8-9,12-13,18-20,22-33,35,38-40H2,1H3/t45-,46-,47-/m0/s1. The number of aromatic nitrogens is 6. The monoisotopic (exact) mass is 1110 g/mol. The molecule has 3 fully saturated rings. The normalized spacial score (nSPS) is 18.7. The Bertz CT molecular complexity index is 3120. The molecule has 0 spiro atoms. The molecule has 0 aliphatic carbocycles. The van der Waals surface area contributed by atoms with E-state index < -0.39 is 17.8 Å². The largest absolute Gasteiger partial charge is 0.475 e. The third-order valence-electron chi connectivity index (χ3n) is 15.9. The highest BCUT2D eigenvalue weighted by Gasteiger charge is 2.36. The number of piperazine rings is 1. The molecule has 4 aliphatic rings. The maximum atomic E-state index is 14.1. The van der Waals surface area contributed by atoms with Crippen molar-refractivity contribution in [2.24, 2.45) is 0 Å². The molecule has 3 atom stereocenters. The van der Waals surface area contributed by atoms with Crippen LogP contribution in [0.4, 0.5) is 27.5 Å². The van der Waals surface area contributed by atoms with Crippen molar-refractivity contribution >= 4 is 57.1 Å². The van der Waals surface area contributed by atoms with Crippen LogP contribution in [0.5, 0.6) is 11.9 Å². The van der Waals surface area contributed by atoms with Gasteiger partial charge >= 0.3 is 6.01 Å². The van der Waals surface area contributed by atoms with Gasteiger partial charge in [0.2, 0.25) is 5.88 Å². The average molecular weight is 1110 g/mol. The second-order valence-electron chi connectivity index (χ2n) is 20.9. The van der Waals surface area contributed by atoms with Gasteiger partial charge in [-0.2, -0.15) is 24.8 Å². The maximum Gasteiger partial charge on any atom is 0.318 e. The van der Waals surface area contributed by atoms with Crippen LogP contribution in [0.3, 0.4) is 0 Å². The number of nitrogens with one attached hydrogen (secondary N) is 1. The average Bonchev–Trinajstić information content (AvgIpc) is 4.15. The van der Waals surface area contributed by atoms with E-state index in [0.717, 1.165) is 133 Å². The predicted octanol–water partition coefficient (Wildman–Crippen LogP) is 7.96. The summed E-state index contributed by atoms with van der Waals surface area (Å²) >= 11 is 6.80. The van der Waals surface area contributed by atoms with E-state index in [1.165, 1.54) is 4.90 Å². The third-order valence-corrected chi connectivity index (χ3v) is 16.2. The first-order valence-corrected chi connectivity index (χ1v) is 28.8. The SMILES string of the molecule is C=C(F)C(=O)N1CCN(c2nc(OC[C@@H]3CCCN3CCCOCCOCCOc3ccc(CNc4cc(N5CCCC[C@H]5CCO)nc5c(CC)cnn45)cn3)nc3c2CCN(c2cccc4cccc(Cl)c24)C3)C[C@@H]1CC#N. The van der Waals surface area contributed by atoms with Gasteiger partial charge in [-0.1, -0.05) is 55.4 Å². The number of pyridine rings is 1. The van der Waals surface area contributed by atoms with E-state index in [1.807, 2.05) is 47.2 Å². The number of nitriles is 1. The van der Waals surface area contributed by atoms with Gasteiger partial charge in [-0.15, -0.1) is 0 Å². The van der Waals surface area contributed by atoms with Gasteiger partial charge in [0.05, 0.1) is 61.8 Å². The molecule has 8 heterocycles. The Hall–Kier alpha value is -6.89. The number of aliphatic hydroxyl groups is 1. The van der Waals surface area contributed by atoms with E-state index in [9.17, 15) is 19.6 Å². The van der Waals surface area contributed by atoms with E-state index in [-0.39, 0.29) is 37.7 Å². The Morgan fingerprint density at radius 1 is 0.912 bits per heavy atom. The number of hydrogen-bond donors (Lipinski definition) is 2. The van der Waals surface area contributed by atoms with Gasteiger partial charge in [0, 0.05) is 112 Å². The van der Waals surface area contributed by atoms with Gasteiger partial charge < -0.3 is 49.0 Å². The first kappa shape index (κ1) is 56.4. The number of carbonyl (C=O) groups is 1. The Balaban J connectivity index is 0.669. The van der Waals surface area contributed by atoms with Crippen LogP contribution in [0.25, 0.3) is 16.4 Å². The zero-order valence-corrected chi connectivity index (χ0v) is 46.5. The minimum atomic E-state index is -1.04. The number of piperidine rings is 1. The number of fused-ring (bicyclic) bond motifs is 3. The lowest BCUT2D eigenvalue weighted by Gasteiger charge is -2.42. The van der Waals surface area contributed by atoms with Crippen molar-refractivity contribution in [3.8, 4) is 18.0 Å². The van der Waals surface area contributed by atoms with Crippen LogP contribution in [0.2, 0.25) is 5.02 Å². The summed E-state index contributed by atoms with van der Waals surface area (Å²) in [5.41, 5.74) is 5.81. The fraction of sp³-hybridized carbons (Fsp3) is 0.508. The van der Waals surface area contributed by atoms with Crippen LogP contribution in [-0.2, 0) is 40.2 Å². The molecule has 4 aliphatic heterocycles. The summed E-state index contributed by atoms with van der Waals surface area (Å²) in [5, 5.41) is 30.4.